The number of hydrogen-bond donors (Lipinski definition) is 2. The Bertz CT molecular complexity index is 736. The maximum Gasteiger partial charge on any atom is 0.407 e. The lowest BCUT2D eigenvalue weighted by Crippen LogP contribution is -2.44. The summed E-state index contributed by atoms with van der Waals surface area (Å²) in [6.45, 7) is 9.89. The van der Waals surface area contributed by atoms with Crippen LogP contribution < -0.4 is 10.6 Å². The van der Waals surface area contributed by atoms with Crippen LogP contribution in [0.2, 0.25) is 0 Å². The summed E-state index contributed by atoms with van der Waals surface area (Å²) in [7, 11) is 0. The van der Waals surface area contributed by atoms with Crippen molar-refractivity contribution in [1.29, 1.82) is 0 Å². The maximum atomic E-state index is 12.0. The highest BCUT2D eigenvalue weighted by Crippen LogP contribution is 2.15. The van der Waals surface area contributed by atoms with Crippen LogP contribution in [0.25, 0.3) is 0 Å². The third-order valence-electron chi connectivity index (χ3n) is 4.08. The van der Waals surface area contributed by atoms with Crippen LogP contribution in [0.3, 0.4) is 0 Å². The summed E-state index contributed by atoms with van der Waals surface area (Å²) in [5, 5.41) is 17.1. The number of likely N-dealkylation sites (tertiary alicyclic amines) is 1. The molecule has 162 valence electrons. The lowest BCUT2D eigenvalue weighted by Gasteiger charge is -2.23. The van der Waals surface area contributed by atoms with Crippen LogP contribution in [0.1, 0.15) is 39.7 Å². The molecule has 0 spiro atoms. The fourth-order valence-electron chi connectivity index (χ4n) is 2.91. The van der Waals surface area contributed by atoms with Gasteiger partial charge in [0, 0.05) is 31.8 Å². The zero-order chi connectivity index (χ0) is 20.7. The van der Waals surface area contributed by atoms with Crippen molar-refractivity contribution in [2.24, 2.45) is 4.99 Å². The van der Waals surface area contributed by atoms with Gasteiger partial charge < -0.3 is 20.3 Å². The average molecular weight is 519 g/mol. The lowest BCUT2D eigenvalue weighted by molar-refractivity contribution is -0.384. The Morgan fingerprint density at radius 2 is 2.14 bits per heavy atom. The molecule has 0 bridgehead atoms. The molecule has 10 heteroatoms. The first-order valence-electron chi connectivity index (χ1n) is 9.44. The number of halogens is 1. The Morgan fingerprint density at radius 3 is 2.76 bits per heavy atom. The van der Waals surface area contributed by atoms with E-state index >= 15 is 0 Å². The number of amides is 1. The number of nitrogens with one attached hydrogen (secondary N) is 2. The van der Waals surface area contributed by atoms with Crippen molar-refractivity contribution in [2.75, 3.05) is 19.6 Å². The number of hydrogen-bond acceptors (Lipinski definition) is 5. The molecule has 29 heavy (non-hydrogen) atoms. The minimum atomic E-state index is -0.531. The van der Waals surface area contributed by atoms with Crippen LogP contribution >= 0.6 is 24.0 Å². The second-order valence-electron chi connectivity index (χ2n) is 7.68. The molecule has 0 saturated carbocycles. The van der Waals surface area contributed by atoms with E-state index in [1.807, 2.05) is 33.8 Å². The van der Waals surface area contributed by atoms with Crippen LogP contribution in [0.15, 0.2) is 29.3 Å². The fraction of sp³-hybridized carbons (Fsp3) is 0.579. The van der Waals surface area contributed by atoms with E-state index in [4.69, 9.17) is 4.74 Å². The molecule has 1 unspecified atom stereocenters. The molecular formula is C19H30IN5O4. The van der Waals surface area contributed by atoms with E-state index in [9.17, 15) is 14.9 Å². The second kappa shape index (κ2) is 11.2. The highest BCUT2D eigenvalue weighted by Gasteiger charge is 2.27. The first-order valence-corrected chi connectivity index (χ1v) is 9.44. The van der Waals surface area contributed by atoms with Crippen LogP contribution in [0.4, 0.5) is 10.5 Å². The van der Waals surface area contributed by atoms with Gasteiger partial charge in [-0.1, -0.05) is 12.1 Å². The smallest absolute Gasteiger partial charge is 0.407 e. The van der Waals surface area contributed by atoms with Crippen LogP contribution in [0.5, 0.6) is 0 Å². The Hall–Kier alpha value is -2.11. The third-order valence-corrected chi connectivity index (χ3v) is 4.08. The topological polar surface area (TPSA) is 109 Å². The number of rotatable bonds is 5. The minimum absolute atomic E-state index is 0. The predicted molar refractivity (Wildman–Crippen MR) is 123 cm³/mol. The molecular weight excluding hydrogens is 489 g/mol. The molecule has 0 aliphatic carbocycles. The van der Waals surface area contributed by atoms with Crippen molar-refractivity contribution in [3.8, 4) is 0 Å². The second-order valence-corrected chi connectivity index (χ2v) is 7.68. The normalized spacial score (nSPS) is 16.8. The predicted octanol–water partition coefficient (Wildman–Crippen LogP) is 3.28. The summed E-state index contributed by atoms with van der Waals surface area (Å²) in [5.74, 6) is 0.725. The molecule has 1 atom stereocenters. The number of carbonyl (C=O) groups excluding carboxylic acids is 1. The molecule has 1 aliphatic heterocycles. The van der Waals surface area contributed by atoms with E-state index in [-0.39, 0.29) is 35.7 Å². The average Bonchev–Trinajstić information content (AvgIpc) is 3.05. The number of carbonyl (C=O) groups is 1. The summed E-state index contributed by atoms with van der Waals surface area (Å²) in [5.41, 5.74) is 0.296. The van der Waals surface area contributed by atoms with Crippen LogP contribution in [-0.2, 0) is 11.3 Å². The highest BCUT2D eigenvalue weighted by molar-refractivity contribution is 14.0. The van der Waals surface area contributed by atoms with Gasteiger partial charge in [0.05, 0.1) is 17.5 Å². The van der Waals surface area contributed by atoms with Crippen LogP contribution in [-0.4, -0.2) is 53.2 Å². The SMILES string of the molecule is CCNC(=NCc1cccc([N+](=O)[O-])c1)N1CCC(NC(=O)OC(C)(C)C)C1.I. The molecule has 1 fully saturated rings. The van der Waals surface area contributed by atoms with Crippen molar-refractivity contribution in [3.05, 3.63) is 39.9 Å². The molecule has 1 aromatic carbocycles. The van der Waals surface area contributed by atoms with Gasteiger partial charge in [-0.2, -0.15) is 0 Å². The number of guanidine groups is 1. The molecule has 1 aromatic rings. The van der Waals surface area contributed by atoms with Gasteiger partial charge in [0.2, 0.25) is 0 Å². The lowest BCUT2D eigenvalue weighted by atomic mass is 10.2. The van der Waals surface area contributed by atoms with Crippen molar-refractivity contribution >= 4 is 41.7 Å². The molecule has 1 amide bonds. The van der Waals surface area contributed by atoms with Gasteiger partial charge >= 0.3 is 6.09 Å². The van der Waals surface area contributed by atoms with E-state index in [0.717, 1.165) is 24.5 Å². The summed E-state index contributed by atoms with van der Waals surface area (Å²) in [6.07, 6.45) is 0.374. The van der Waals surface area contributed by atoms with E-state index in [1.54, 1.807) is 6.07 Å². The van der Waals surface area contributed by atoms with Gasteiger partial charge in [-0.15, -0.1) is 24.0 Å². The molecule has 0 aromatic heterocycles. The summed E-state index contributed by atoms with van der Waals surface area (Å²) >= 11 is 0. The van der Waals surface area contributed by atoms with E-state index in [2.05, 4.69) is 20.5 Å². The first-order chi connectivity index (χ1) is 13.2. The summed E-state index contributed by atoms with van der Waals surface area (Å²) in [6, 6.07) is 6.45. The number of nitro groups is 1. The van der Waals surface area contributed by atoms with Gasteiger partial charge in [-0.3, -0.25) is 10.1 Å². The molecule has 0 radical (unpaired) electrons. The van der Waals surface area contributed by atoms with Crippen molar-refractivity contribution < 1.29 is 14.5 Å². The van der Waals surface area contributed by atoms with Crippen molar-refractivity contribution in [1.82, 2.24) is 15.5 Å². The van der Waals surface area contributed by atoms with Gasteiger partial charge in [-0.05, 0) is 39.7 Å². The number of nitrogens with zero attached hydrogens (tertiary/aromatic N) is 3. The van der Waals surface area contributed by atoms with E-state index in [0.29, 0.717) is 19.6 Å². The standard InChI is InChI=1S/C19H29N5O4.HI/c1-5-20-17(21-12-14-7-6-8-16(11-14)24(26)27)23-10-9-15(13-23)22-18(25)28-19(2,3)4;/h6-8,11,15H,5,9-10,12-13H2,1-4H3,(H,20,21)(H,22,25);1H. The Kier molecular flexibility index (Phi) is 9.60. The molecule has 2 rings (SSSR count). The molecule has 9 nitrogen and oxygen atoms in total. The number of nitro benzene ring substituents is 1. The first kappa shape index (κ1) is 24.9. The van der Waals surface area contributed by atoms with Gasteiger partial charge in [0.25, 0.3) is 5.69 Å². The van der Waals surface area contributed by atoms with Crippen LogP contribution in [0, 0.1) is 10.1 Å². The Labute approximate surface area is 188 Å². The highest BCUT2D eigenvalue weighted by atomic mass is 127. The van der Waals surface area contributed by atoms with Gasteiger partial charge in [-0.25, -0.2) is 9.79 Å². The third kappa shape index (κ3) is 8.42. The Balaban J connectivity index is 0.00000420. The van der Waals surface area contributed by atoms with Crippen molar-refractivity contribution in [3.63, 3.8) is 0 Å². The van der Waals surface area contributed by atoms with E-state index in [1.165, 1.54) is 12.1 Å². The summed E-state index contributed by atoms with van der Waals surface area (Å²) in [4.78, 5) is 29.1. The monoisotopic (exact) mass is 519 g/mol. The zero-order valence-corrected chi connectivity index (χ0v) is 19.6. The largest absolute Gasteiger partial charge is 0.444 e. The maximum absolute atomic E-state index is 12.0. The number of non-ortho nitro benzene ring substituents is 1. The molecule has 1 heterocycles. The molecule has 1 saturated heterocycles. The number of alkyl carbamates (subject to hydrolysis) is 1. The number of aliphatic imine (C=N–C) groups is 1. The Morgan fingerprint density at radius 1 is 1.41 bits per heavy atom. The quantitative estimate of drug-likeness (QED) is 0.203. The van der Waals surface area contributed by atoms with Gasteiger partial charge in [0.15, 0.2) is 5.96 Å². The number of ether oxygens (including phenoxy) is 1. The fourth-order valence-corrected chi connectivity index (χ4v) is 2.91. The molecule has 1 aliphatic rings. The zero-order valence-electron chi connectivity index (χ0n) is 17.3. The van der Waals surface area contributed by atoms with Crippen molar-refractivity contribution in [2.45, 2.75) is 52.3 Å². The number of benzene rings is 1. The minimum Gasteiger partial charge on any atom is -0.444 e. The summed E-state index contributed by atoms with van der Waals surface area (Å²) < 4.78 is 5.31. The molecule has 2 N–H and O–H groups in total. The van der Waals surface area contributed by atoms with E-state index < -0.39 is 16.6 Å². The van der Waals surface area contributed by atoms with Gasteiger partial charge in [0.1, 0.15) is 5.60 Å².